The molecular formula is C16H24N2O5S2. The maximum Gasteiger partial charge on any atom is 0.322 e. The van der Waals surface area contributed by atoms with Gasteiger partial charge >= 0.3 is 5.97 Å². The van der Waals surface area contributed by atoms with Crippen LogP contribution in [0.1, 0.15) is 39.5 Å². The standard InChI is InChI=1S/C16H24N2O5S2/c1-11(2)5-6-14(19)17-12-7-8-18(13(10-12)16(20)21)25(22,23)15-4-3-9-24-15/h3-4,9,11-13H,5-8,10H2,1-2H3,(H,17,19)(H,20,21)/t12-,13-/m1/s1. The number of hydrogen-bond acceptors (Lipinski definition) is 5. The highest BCUT2D eigenvalue weighted by atomic mass is 32.2. The smallest absolute Gasteiger partial charge is 0.322 e. The minimum absolute atomic E-state index is 0.0757. The van der Waals surface area contributed by atoms with Gasteiger partial charge in [-0.3, -0.25) is 9.59 Å². The van der Waals surface area contributed by atoms with Gasteiger partial charge in [0.05, 0.1) is 0 Å². The van der Waals surface area contributed by atoms with Crippen molar-refractivity contribution in [2.24, 2.45) is 5.92 Å². The van der Waals surface area contributed by atoms with Gasteiger partial charge in [0, 0.05) is 19.0 Å². The fraction of sp³-hybridized carbons (Fsp3) is 0.625. The van der Waals surface area contributed by atoms with Crippen LogP contribution in [0.3, 0.4) is 0 Å². The number of nitrogens with zero attached hydrogens (tertiary/aromatic N) is 1. The van der Waals surface area contributed by atoms with Gasteiger partial charge < -0.3 is 10.4 Å². The number of aliphatic carboxylic acids is 1. The molecule has 0 spiro atoms. The van der Waals surface area contributed by atoms with E-state index < -0.39 is 22.0 Å². The van der Waals surface area contributed by atoms with Crippen LogP contribution in [0, 0.1) is 5.92 Å². The summed E-state index contributed by atoms with van der Waals surface area (Å²) in [5, 5.41) is 14.0. The summed E-state index contributed by atoms with van der Waals surface area (Å²) in [5.74, 6) is -0.894. The third-order valence-electron chi connectivity index (χ3n) is 4.21. The second-order valence-electron chi connectivity index (χ2n) is 6.62. The molecule has 0 bridgehead atoms. The lowest BCUT2D eigenvalue weighted by atomic mass is 9.99. The molecule has 140 valence electrons. The molecule has 1 aromatic rings. The van der Waals surface area contributed by atoms with E-state index in [1.54, 1.807) is 11.4 Å². The van der Waals surface area contributed by atoms with Crippen LogP contribution in [0.15, 0.2) is 21.7 Å². The molecule has 0 saturated carbocycles. The van der Waals surface area contributed by atoms with Gasteiger partial charge in [-0.1, -0.05) is 19.9 Å². The van der Waals surface area contributed by atoms with Gasteiger partial charge in [-0.15, -0.1) is 11.3 Å². The molecule has 2 heterocycles. The van der Waals surface area contributed by atoms with E-state index in [-0.39, 0.29) is 29.1 Å². The van der Waals surface area contributed by atoms with Gasteiger partial charge in [-0.2, -0.15) is 4.31 Å². The van der Waals surface area contributed by atoms with Crippen LogP contribution in [-0.2, 0) is 19.6 Å². The Morgan fingerprint density at radius 1 is 1.44 bits per heavy atom. The van der Waals surface area contributed by atoms with E-state index in [9.17, 15) is 23.1 Å². The maximum atomic E-state index is 12.7. The van der Waals surface area contributed by atoms with Crippen molar-refractivity contribution in [3.63, 3.8) is 0 Å². The second-order valence-corrected chi connectivity index (χ2v) is 9.69. The number of piperidine rings is 1. The molecule has 1 aromatic heterocycles. The Kier molecular flexibility index (Phi) is 6.59. The maximum absolute atomic E-state index is 12.7. The molecule has 0 unspecified atom stereocenters. The molecule has 25 heavy (non-hydrogen) atoms. The number of carboxylic acid groups (broad SMARTS) is 1. The van der Waals surface area contributed by atoms with Crippen LogP contribution in [0.4, 0.5) is 0 Å². The second kappa shape index (κ2) is 8.29. The minimum Gasteiger partial charge on any atom is -0.480 e. The van der Waals surface area contributed by atoms with E-state index in [1.807, 2.05) is 13.8 Å². The quantitative estimate of drug-likeness (QED) is 0.742. The first-order valence-corrected chi connectivity index (χ1v) is 10.6. The Morgan fingerprint density at radius 3 is 2.72 bits per heavy atom. The summed E-state index contributed by atoms with van der Waals surface area (Å²) in [4.78, 5) is 23.6. The van der Waals surface area contributed by atoms with Crippen molar-refractivity contribution in [3.05, 3.63) is 17.5 Å². The van der Waals surface area contributed by atoms with Crippen LogP contribution >= 0.6 is 11.3 Å². The monoisotopic (exact) mass is 388 g/mol. The fourth-order valence-electron chi connectivity index (χ4n) is 2.83. The van der Waals surface area contributed by atoms with E-state index in [4.69, 9.17) is 0 Å². The van der Waals surface area contributed by atoms with Crippen molar-refractivity contribution < 1.29 is 23.1 Å². The number of carbonyl (C=O) groups is 2. The number of thiophene rings is 1. The van der Waals surface area contributed by atoms with Gasteiger partial charge in [-0.05, 0) is 36.6 Å². The predicted molar refractivity (Wildman–Crippen MR) is 94.9 cm³/mol. The molecular weight excluding hydrogens is 364 g/mol. The number of nitrogens with one attached hydrogen (secondary N) is 1. The molecule has 1 fully saturated rings. The average Bonchev–Trinajstić information content (AvgIpc) is 3.08. The molecule has 1 saturated heterocycles. The lowest BCUT2D eigenvalue weighted by Gasteiger charge is -2.36. The van der Waals surface area contributed by atoms with Crippen molar-refractivity contribution in [1.29, 1.82) is 0 Å². The largest absolute Gasteiger partial charge is 0.480 e. The van der Waals surface area contributed by atoms with E-state index in [2.05, 4.69) is 5.32 Å². The van der Waals surface area contributed by atoms with E-state index in [0.717, 1.165) is 22.1 Å². The van der Waals surface area contributed by atoms with Crippen molar-refractivity contribution >= 4 is 33.2 Å². The summed E-state index contributed by atoms with van der Waals surface area (Å²) in [7, 11) is -3.83. The van der Waals surface area contributed by atoms with Gasteiger partial charge in [0.15, 0.2) is 0 Å². The molecule has 1 aliphatic heterocycles. The summed E-state index contributed by atoms with van der Waals surface area (Å²) >= 11 is 1.07. The van der Waals surface area contributed by atoms with Crippen molar-refractivity contribution in [1.82, 2.24) is 9.62 Å². The summed E-state index contributed by atoms with van der Waals surface area (Å²) in [6.45, 7) is 4.13. The zero-order valence-corrected chi connectivity index (χ0v) is 16.0. The molecule has 0 aromatic carbocycles. The Morgan fingerprint density at radius 2 is 2.16 bits per heavy atom. The number of amides is 1. The molecule has 9 heteroatoms. The highest BCUT2D eigenvalue weighted by Crippen LogP contribution is 2.28. The SMILES string of the molecule is CC(C)CCC(=O)N[C@@H]1CCN(S(=O)(=O)c2cccs2)[C@@H](C(=O)O)C1. The van der Waals surface area contributed by atoms with E-state index >= 15 is 0 Å². The topological polar surface area (TPSA) is 104 Å². The molecule has 7 nitrogen and oxygen atoms in total. The number of carboxylic acids is 1. The van der Waals surface area contributed by atoms with Crippen LogP contribution in [0.5, 0.6) is 0 Å². The van der Waals surface area contributed by atoms with Crippen molar-refractivity contribution in [2.75, 3.05) is 6.54 Å². The molecule has 2 N–H and O–H groups in total. The highest BCUT2D eigenvalue weighted by Gasteiger charge is 2.41. The fourth-order valence-corrected chi connectivity index (χ4v) is 5.56. The van der Waals surface area contributed by atoms with Gasteiger partial charge in [0.25, 0.3) is 10.0 Å². The molecule has 1 aliphatic rings. The zero-order chi connectivity index (χ0) is 18.6. The lowest BCUT2D eigenvalue weighted by molar-refractivity contribution is -0.143. The summed E-state index contributed by atoms with van der Waals surface area (Å²) in [6.07, 6.45) is 1.64. The highest BCUT2D eigenvalue weighted by molar-refractivity contribution is 7.91. The van der Waals surface area contributed by atoms with E-state index in [0.29, 0.717) is 18.8 Å². The van der Waals surface area contributed by atoms with Gasteiger partial charge in [-0.25, -0.2) is 8.42 Å². The third-order valence-corrected chi connectivity index (χ3v) is 7.49. The normalized spacial score (nSPS) is 22.0. The first-order valence-electron chi connectivity index (χ1n) is 8.29. The Hall–Kier alpha value is -1.45. The molecule has 1 amide bonds. The lowest BCUT2D eigenvalue weighted by Crippen LogP contribution is -2.54. The van der Waals surface area contributed by atoms with Gasteiger partial charge in [0.2, 0.25) is 5.91 Å². The Bertz CT molecular complexity index is 700. The molecule has 2 atom stereocenters. The number of rotatable bonds is 7. The van der Waals surface area contributed by atoms with Crippen LogP contribution in [0.25, 0.3) is 0 Å². The summed E-state index contributed by atoms with van der Waals surface area (Å²) < 4.78 is 26.5. The molecule has 0 aliphatic carbocycles. The summed E-state index contributed by atoms with van der Waals surface area (Å²) in [5.41, 5.74) is 0. The Balaban J connectivity index is 2.06. The minimum atomic E-state index is -3.83. The first-order chi connectivity index (χ1) is 11.7. The van der Waals surface area contributed by atoms with Crippen LogP contribution in [-0.4, -0.2) is 48.3 Å². The Labute approximate surface area is 152 Å². The first kappa shape index (κ1) is 19.9. The van der Waals surface area contributed by atoms with Crippen LogP contribution < -0.4 is 5.32 Å². The summed E-state index contributed by atoms with van der Waals surface area (Å²) in [6, 6.07) is 1.60. The van der Waals surface area contributed by atoms with Gasteiger partial charge in [0.1, 0.15) is 10.3 Å². The number of carbonyl (C=O) groups excluding carboxylic acids is 1. The van der Waals surface area contributed by atoms with Crippen LogP contribution in [0.2, 0.25) is 0 Å². The average molecular weight is 389 g/mol. The van der Waals surface area contributed by atoms with Crippen molar-refractivity contribution in [2.45, 2.75) is 55.8 Å². The number of sulfonamides is 1. The predicted octanol–water partition coefficient (Wildman–Crippen LogP) is 1.91. The molecule has 2 rings (SSSR count). The van der Waals surface area contributed by atoms with E-state index in [1.165, 1.54) is 6.07 Å². The number of hydrogen-bond donors (Lipinski definition) is 2. The van der Waals surface area contributed by atoms with Crippen molar-refractivity contribution in [3.8, 4) is 0 Å². The molecule has 0 radical (unpaired) electrons. The zero-order valence-electron chi connectivity index (χ0n) is 14.3. The third kappa shape index (κ3) is 5.02.